The number of amides is 1. The van der Waals surface area contributed by atoms with Crippen LogP contribution in [0.15, 0.2) is 23.9 Å². The SMILES string of the molecule is C=CCNC(=O)[C@H](C)Sc1nnc(-n2nc(C)cc2C)n1N. The summed E-state index contributed by atoms with van der Waals surface area (Å²) in [6.07, 6.45) is 1.63. The van der Waals surface area contributed by atoms with Crippen LogP contribution in [0.3, 0.4) is 0 Å². The molecular formula is C13H19N7OS. The van der Waals surface area contributed by atoms with Crippen molar-refractivity contribution in [3.63, 3.8) is 0 Å². The Labute approximate surface area is 132 Å². The van der Waals surface area contributed by atoms with E-state index in [1.165, 1.54) is 16.4 Å². The van der Waals surface area contributed by atoms with Gasteiger partial charge in [-0.05, 0) is 26.8 Å². The fourth-order valence-corrected chi connectivity index (χ4v) is 2.64. The predicted molar refractivity (Wildman–Crippen MR) is 85.3 cm³/mol. The molecule has 0 aliphatic heterocycles. The molecule has 0 bridgehead atoms. The van der Waals surface area contributed by atoms with Crippen LogP contribution in [0, 0.1) is 13.8 Å². The lowest BCUT2D eigenvalue weighted by Gasteiger charge is -2.10. The van der Waals surface area contributed by atoms with Crippen molar-refractivity contribution < 1.29 is 4.79 Å². The van der Waals surface area contributed by atoms with Crippen LogP contribution in [-0.4, -0.2) is 42.4 Å². The van der Waals surface area contributed by atoms with E-state index < -0.39 is 0 Å². The quantitative estimate of drug-likeness (QED) is 0.458. The van der Waals surface area contributed by atoms with Crippen LogP contribution in [0.1, 0.15) is 18.3 Å². The maximum atomic E-state index is 11.9. The van der Waals surface area contributed by atoms with Gasteiger partial charge in [0.1, 0.15) is 0 Å². The van der Waals surface area contributed by atoms with Gasteiger partial charge in [-0.15, -0.1) is 16.8 Å². The van der Waals surface area contributed by atoms with Gasteiger partial charge in [-0.1, -0.05) is 17.8 Å². The standard InChI is InChI=1S/C13H19N7OS/c1-5-6-15-11(21)10(4)22-13-17-16-12(19(13)14)20-9(3)7-8(2)18-20/h5,7,10H,1,6,14H2,2-4H3,(H,15,21)/t10-/m0/s1. The van der Waals surface area contributed by atoms with Gasteiger partial charge in [-0.3, -0.25) is 4.79 Å². The highest BCUT2D eigenvalue weighted by Gasteiger charge is 2.20. The van der Waals surface area contributed by atoms with Gasteiger partial charge < -0.3 is 11.2 Å². The van der Waals surface area contributed by atoms with E-state index in [1.807, 2.05) is 19.9 Å². The Morgan fingerprint density at radius 2 is 2.27 bits per heavy atom. The van der Waals surface area contributed by atoms with Gasteiger partial charge >= 0.3 is 0 Å². The van der Waals surface area contributed by atoms with Crippen LogP contribution in [0.5, 0.6) is 0 Å². The molecule has 2 aromatic rings. The lowest BCUT2D eigenvalue weighted by Crippen LogP contribution is -2.31. The van der Waals surface area contributed by atoms with Crippen molar-refractivity contribution in [1.82, 2.24) is 30.0 Å². The summed E-state index contributed by atoms with van der Waals surface area (Å²) in [5.74, 6) is 6.32. The molecule has 0 aliphatic carbocycles. The Morgan fingerprint density at radius 3 is 2.86 bits per heavy atom. The Kier molecular flexibility index (Phi) is 4.86. The number of nitrogens with two attached hydrogens (primary N) is 1. The second-order valence-electron chi connectivity index (χ2n) is 4.79. The molecular weight excluding hydrogens is 302 g/mol. The normalized spacial score (nSPS) is 12.1. The van der Waals surface area contributed by atoms with Crippen LogP contribution in [0.2, 0.25) is 0 Å². The third-order valence-corrected chi connectivity index (χ3v) is 3.97. The van der Waals surface area contributed by atoms with E-state index in [1.54, 1.807) is 17.7 Å². The summed E-state index contributed by atoms with van der Waals surface area (Å²) >= 11 is 1.23. The Bertz CT molecular complexity index is 691. The molecule has 2 aromatic heterocycles. The summed E-state index contributed by atoms with van der Waals surface area (Å²) in [6.45, 7) is 9.57. The van der Waals surface area contributed by atoms with Gasteiger partial charge in [0.2, 0.25) is 11.1 Å². The molecule has 22 heavy (non-hydrogen) atoms. The number of carbonyl (C=O) groups is 1. The minimum Gasteiger partial charge on any atom is -0.352 e. The Hall–Kier alpha value is -2.29. The molecule has 0 spiro atoms. The Morgan fingerprint density at radius 1 is 1.55 bits per heavy atom. The van der Waals surface area contributed by atoms with Crippen molar-refractivity contribution in [2.75, 3.05) is 12.4 Å². The molecule has 8 nitrogen and oxygen atoms in total. The van der Waals surface area contributed by atoms with Crippen molar-refractivity contribution in [1.29, 1.82) is 0 Å². The number of aryl methyl sites for hydroxylation is 2. The van der Waals surface area contributed by atoms with Crippen LogP contribution in [0.4, 0.5) is 0 Å². The van der Waals surface area contributed by atoms with E-state index in [9.17, 15) is 4.79 Å². The molecule has 0 saturated heterocycles. The molecule has 0 aliphatic rings. The van der Waals surface area contributed by atoms with Gasteiger partial charge in [-0.2, -0.15) is 5.10 Å². The van der Waals surface area contributed by atoms with Crippen LogP contribution < -0.4 is 11.2 Å². The predicted octanol–water partition coefficient (Wildman–Crippen LogP) is 0.577. The topological polar surface area (TPSA) is 104 Å². The minimum atomic E-state index is -0.347. The van der Waals surface area contributed by atoms with Gasteiger partial charge in [0.05, 0.1) is 10.9 Å². The first-order chi connectivity index (χ1) is 10.4. The highest BCUT2D eigenvalue weighted by molar-refractivity contribution is 8.00. The Balaban J connectivity index is 2.16. The zero-order valence-electron chi connectivity index (χ0n) is 12.8. The third kappa shape index (κ3) is 3.30. The van der Waals surface area contributed by atoms with Crippen LogP contribution >= 0.6 is 11.8 Å². The minimum absolute atomic E-state index is 0.111. The van der Waals surface area contributed by atoms with Crippen LogP contribution in [0.25, 0.3) is 5.95 Å². The average molecular weight is 321 g/mol. The number of nitrogens with one attached hydrogen (secondary N) is 1. The molecule has 0 fully saturated rings. The largest absolute Gasteiger partial charge is 0.352 e. The van der Waals surface area contributed by atoms with Crippen molar-refractivity contribution in [2.24, 2.45) is 0 Å². The molecule has 0 saturated carbocycles. The summed E-state index contributed by atoms with van der Waals surface area (Å²) in [4.78, 5) is 11.9. The number of hydrogen-bond donors (Lipinski definition) is 2. The first-order valence-electron chi connectivity index (χ1n) is 6.73. The molecule has 3 N–H and O–H groups in total. The molecule has 2 heterocycles. The first-order valence-corrected chi connectivity index (χ1v) is 7.61. The lowest BCUT2D eigenvalue weighted by atomic mass is 10.4. The highest BCUT2D eigenvalue weighted by Crippen LogP contribution is 2.22. The fourth-order valence-electron chi connectivity index (χ4n) is 1.85. The highest BCUT2D eigenvalue weighted by atomic mass is 32.2. The third-order valence-electron chi connectivity index (χ3n) is 2.92. The number of carbonyl (C=O) groups excluding carboxylic acids is 1. The second-order valence-corrected chi connectivity index (χ2v) is 6.09. The smallest absolute Gasteiger partial charge is 0.271 e. The molecule has 2 rings (SSSR count). The first kappa shape index (κ1) is 16.1. The van der Waals surface area contributed by atoms with E-state index in [4.69, 9.17) is 5.84 Å². The van der Waals surface area contributed by atoms with E-state index in [-0.39, 0.29) is 11.2 Å². The van der Waals surface area contributed by atoms with Crippen molar-refractivity contribution in [3.05, 3.63) is 30.1 Å². The molecule has 118 valence electrons. The molecule has 0 aromatic carbocycles. The number of nitrogen functional groups attached to an aromatic ring is 1. The van der Waals surface area contributed by atoms with Crippen molar-refractivity contribution in [3.8, 4) is 5.95 Å². The molecule has 0 unspecified atom stereocenters. The van der Waals surface area contributed by atoms with Crippen LogP contribution in [-0.2, 0) is 4.79 Å². The molecule has 1 amide bonds. The van der Waals surface area contributed by atoms with Gasteiger partial charge in [0.25, 0.3) is 5.95 Å². The van der Waals surface area contributed by atoms with Crippen molar-refractivity contribution in [2.45, 2.75) is 31.2 Å². The lowest BCUT2D eigenvalue weighted by molar-refractivity contribution is -0.120. The summed E-state index contributed by atoms with van der Waals surface area (Å²) < 4.78 is 2.95. The zero-order chi connectivity index (χ0) is 16.3. The maximum Gasteiger partial charge on any atom is 0.271 e. The van der Waals surface area contributed by atoms with Gasteiger partial charge in [0.15, 0.2) is 0 Å². The second kappa shape index (κ2) is 6.65. The van der Waals surface area contributed by atoms with Gasteiger partial charge in [-0.25, -0.2) is 9.36 Å². The number of rotatable bonds is 6. The molecule has 0 radical (unpaired) electrons. The molecule has 9 heteroatoms. The summed E-state index contributed by atoms with van der Waals surface area (Å²) in [5, 5.41) is 15.2. The maximum absolute atomic E-state index is 11.9. The van der Waals surface area contributed by atoms with E-state index in [0.717, 1.165) is 11.4 Å². The number of aromatic nitrogens is 5. The number of thioether (sulfide) groups is 1. The number of hydrogen-bond acceptors (Lipinski definition) is 6. The molecule has 1 atom stereocenters. The van der Waals surface area contributed by atoms with Crippen molar-refractivity contribution >= 4 is 17.7 Å². The fraction of sp³-hybridized carbons (Fsp3) is 0.385. The summed E-state index contributed by atoms with van der Waals surface area (Å²) in [7, 11) is 0. The number of nitrogens with zero attached hydrogens (tertiary/aromatic N) is 5. The van der Waals surface area contributed by atoms with Gasteiger partial charge in [0, 0.05) is 12.2 Å². The summed E-state index contributed by atoms with van der Waals surface area (Å²) in [6, 6.07) is 1.92. The average Bonchev–Trinajstić information content (AvgIpc) is 2.99. The van der Waals surface area contributed by atoms with E-state index in [0.29, 0.717) is 17.6 Å². The van der Waals surface area contributed by atoms with E-state index >= 15 is 0 Å². The zero-order valence-corrected chi connectivity index (χ0v) is 13.6. The van der Waals surface area contributed by atoms with E-state index in [2.05, 4.69) is 27.2 Å². The summed E-state index contributed by atoms with van der Waals surface area (Å²) in [5.41, 5.74) is 1.77. The monoisotopic (exact) mass is 321 g/mol.